The fraction of sp³-hybridized carbons (Fsp3) is 0.800. The Morgan fingerprint density at radius 3 is 2.50 bits per heavy atom. The lowest BCUT2D eigenvalue weighted by atomic mass is 10.3. The van der Waals surface area contributed by atoms with Crippen LogP contribution in [0.5, 0.6) is 0 Å². The Morgan fingerprint density at radius 2 is 2.17 bits per heavy atom. The van der Waals surface area contributed by atoms with E-state index in [4.69, 9.17) is 14.9 Å². The first-order valence-corrected chi connectivity index (χ1v) is 4.51. The van der Waals surface area contributed by atoms with Crippen LogP contribution in [0.3, 0.4) is 0 Å². The molecule has 0 heterocycles. The molecule has 0 aromatic rings. The van der Waals surface area contributed by atoms with Gasteiger partial charge in [-0.15, -0.1) is 0 Å². The lowest BCUT2D eigenvalue weighted by molar-refractivity contribution is 0.153. The first kappa shape index (κ1) is 11.3. The zero-order valence-corrected chi connectivity index (χ0v) is 7.32. The summed E-state index contributed by atoms with van der Waals surface area (Å²) in [7, 11) is -3.15. The Morgan fingerprint density at radius 1 is 1.67 bits per heavy atom. The van der Waals surface area contributed by atoms with Crippen molar-refractivity contribution in [3.8, 4) is 6.07 Å². The molecule has 1 unspecified atom stereocenters. The van der Waals surface area contributed by atoms with Crippen molar-refractivity contribution >= 4 is 10.3 Å². The number of aliphatic hydroxyl groups is 1. The van der Waals surface area contributed by atoms with Crippen molar-refractivity contribution in [1.82, 2.24) is 4.31 Å². The van der Waals surface area contributed by atoms with Crippen molar-refractivity contribution in [2.45, 2.75) is 12.5 Å². The molecule has 0 spiro atoms. The lowest BCUT2D eigenvalue weighted by Crippen LogP contribution is -2.33. The summed E-state index contributed by atoms with van der Waals surface area (Å²) in [5, 5.41) is 17.1. The van der Waals surface area contributed by atoms with Crippen LogP contribution in [0.4, 0.5) is 0 Å². The van der Waals surface area contributed by atoms with Gasteiger partial charge in [-0.1, -0.05) is 0 Å². The third kappa shape index (κ3) is 4.25. The molecule has 7 heteroatoms. The topological polar surface area (TPSA) is 102 Å². The van der Waals surface area contributed by atoms with Gasteiger partial charge in [-0.25, -0.2) is 0 Å². The monoisotopic (exact) mass is 194 g/mol. The second-order valence-electron chi connectivity index (χ2n) is 2.27. The number of rotatable bonds is 4. The van der Waals surface area contributed by atoms with Crippen LogP contribution in [0, 0.1) is 11.3 Å². The quantitative estimate of drug-likeness (QED) is 0.558. The van der Waals surface area contributed by atoms with Crippen LogP contribution in [0.1, 0.15) is 6.42 Å². The van der Waals surface area contributed by atoms with E-state index < -0.39 is 16.4 Å². The molecule has 6 nitrogen and oxygen atoms in total. The molecule has 0 amide bonds. The van der Waals surface area contributed by atoms with Crippen LogP contribution in [0.2, 0.25) is 0 Å². The van der Waals surface area contributed by atoms with Crippen molar-refractivity contribution < 1.29 is 18.1 Å². The first-order valence-electron chi connectivity index (χ1n) is 3.11. The van der Waals surface area contributed by atoms with E-state index in [0.717, 1.165) is 7.05 Å². The summed E-state index contributed by atoms with van der Waals surface area (Å²) >= 11 is 0. The van der Waals surface area contributed by atoms with Gasteiger partial charge in [0.15, 0.2) is 0 Å². The van der Waals surface area contributed by atoms with Gasteiger partial charge in [0, 0.05) is 13.6 Å². The molecule has 0 fully saturated rings. The number of hydrogen-bond acceptors (Lipinski definition) is 4. The summed E-state index contributed by atoms with van der Waals surface area (Å²) in [6.07, 6.45) is -1.23. The fourth-order valence-corrected chi connectivity index (χ4v) is 0.921. The highest BCUT2D eigenvalue weighted by Gasteiger charge is 2.16. The lowest BCUT2D eigenvalue weighted by Gasteiger charge is -2.14. The van der Waals surface area contributed by atoms with E-state index in [1.807, 2.05) is 0 Å². The smallest absolute Gasteiger partial charge is 0.335 e. The average Bonchev–Trinajstić information content (AvgIpc) is 1.85. The van der Waals surface area contributed by atoms with Crippen LogP contribution < -0.4 is 0 Å². The van der Waals surface area contributed by atoms with Gasteiger partial charge in [-0.05, 0) is 0 Å². The van der Waals surface area contributed by atoms with Crippen LogP contribution in [0.15, 0.2) is 0 Å². The van der Waals surface area contributed by atoms with E-state index in [9.17, 15) is 8.42 Å². The number of aliphatic hydroxyl groups excluding tert-OH is 1. The van der Waals surface area contributed by atoms with Crippen LogP contribution >= 0.6 is 0 Å². The summed E-state index contributed by atoms with van der Waals surface area (Å²) < 4.78 is 29.7. The van der Waals surface area contributed by atoms with E-state index in [1.165, 1.54) is 0 Å². The van der Waals surface area contributed by atoms with Gasteiger partial charge in [-0.2, -0.15) is 18.0 Å². The van der Waals surface area contributed by atoms with Gasteiger partial charge < -0.3 is 5.11 Å². The van der Waals surface area contributed by atoms with Crippen LogP contribution in [0.25, 0.3) is 0 Å². The van der Waals surface area contributed by atoms with Gasteiger partial charge in [0.2, 0.25) is 0 Å². The van der Waals surface area contributed by atoms with Crippen LogP contribution in [-0.4, -0.2) is 42.1 Å². The molecule has 2 N–H and O–H groups in total. The summed E-state index contributed by atoms with van der Waals surface area (Å²) in [6, 6.07) is 1.67. The molecular formula is C5H10N2O4S. The molecule has 0 aliphatic rings. The molecule has 0 rings (SSSR count). The van der Waals surface area contributed by atoms with Gasteiger partial charge in [0.1, 0.15) is 0 Å². The normalized spacial score (nSPS) is 14.2. The van der Waals surface area contributed by atoms with E-state index in [0.29, 0.717) is 4.31 Å². The molecule has 0 radical (unpaired) electrons. The summed E-state index contributed by atoms with van der Waals surface area (Å²) in [4.78, 5) is 0. The largest absolute Gasteiger partial charge is 0.391 e. The van der Waals surface area contributed by atoms with E-state index in [2.05, 4.69) is 0 Å². The first-order chi connectivity index (χ1) is 5.38. The highest BCUT2D eigenvalue weighted by Crippen LogP contribution is 1.97. The molecule has 0 aliphatic carbocycles. The minimum atomic E-state index is -4.25. The molecule has 0 aromatic carbocycles. The molecule has 70 valence electrons. The molecule has 0 saturated carbocycles. The summed E-state index contributed by atoms with van der Waals surface area (Å²) in [6.45, 7) is -0.285. The number of likely N-dealkylation sites (N-methyl/N-ethyl adjacent to an activating group) is 1. The zero-order chi connectivity index (χ0) is 9.78. The Hall–Kier alpha value is -0.680. The molecule has 0 saturated heterocycles. The van der Waals surface area contributed by atoms with Crippen molar-refractivity contribution in [3.05, 3.63) is 0 Å². The van der Waals surface area contributed by atoms with Crippen LogP contribution in [-0.2, 0) is 10.3 Å². The minimum Gasteiger partial charge on any atom is -0.391 e. The fourth-order valence-electron chi connectivity index (χ4n) is 0.561. The molecule has 0 bridgehead atoms. The number of nitrogens with zero attached hydrogens (tertiary/aromatic N) is 2. The molecule has 0 aliphatic heterocycles. The molecule has 0 aromatic heterocycles. The number of nitriles is 1. The molecule has 12 heavy (non-hydrogen) atoms. The maximum Gasteiger partial charge on any atom is 0.335 e. The molecular weight excluding hydrogens is 184 g/mol. The standard InChI is InChI=1S/C5H10N2O4S/c1-7(12(9,10)11)4-5(8)2-3-6/h5,8H,2,4H2,1H3,(H,9,10,11). The minimum absolute atomic E-state index is 0.167. The molecule has 1 atom stereocenters. The second kappa shape index (κ2) is 4.37. The van der Waals surface area contributed by atoms with E-state index >= 15 is 0 Å². The zero-order valence-electron chi connectivity index (χ0n) is 6.51. The van der Waals surface area contributed by atoms with Gasteiger partial charge >= 0.3 is 10.3 Å². The number of hydrogen-bond donors (Lipinski definition) is 2. The Balaban J connectivity index is 4.04. The van der Waals surface area contributed by atoms with Crippen molar-refractivity contribution in [2.75, 3.05) is 13.6 Å². The van der Waals surface area contributed by atoms with E-state index in [1.54, 1.807) is 6.07 Å². The van der Waals surface area contributed by atoms with E-state index in [-0.39, 0.29) is 13.0 Å². The maximum absolute atomic E-state index is 10.4. The Bertz CT molecular complexity index is 268. The summed E-state index contributed by atoms with van der Waals surface area (Å²) in [5.41, 5.74) is 0. The average molecular weight is 194 g/mol. The Kier molecular flexibility index (Phi) is 4.12. The second-order valence-corrected chi connectivity index (χ2v) is 3.79. The third-order valence-electron chi connectivity index (χ3n) is 1.19. The van der Waals surface area contributed by atoms with Crippen molar-refractivity contribution in [2.24, 2.45) is 0 Å². The highest BCUT2D eigenvalue weighted by atomic mass is 32.2. The predicted octanol–water partition coefficient (Wildman–Crippen LogP) is -1.00. The predicted molar refractivity (Wildman–Crippen MR) is 40.4 cm³/mol. The maximum atomic E-state index is 10.4. The SMILES string of the molecule is CN(CC(O)CC#N)S(=O)(=O)O. The van der Waals surface area contributed by atoms with Gasteiger partial charge in [0.05, 0.1) is 18.6 Å². The van der Waals surface area contributed by atoms with Gasteiger partial charge in [0.25, 0.3) is 0 Å². The highest BCUT2D eigenvalue weighted by molar-refractivity contribution is 7.83. The third-order valence-corrected chi connectivity index (χ3v) is 2.13. The summed E-state index contributed by atoms with van der Waals surface area (Å²) in [5.74, 6) is 0. The van der Waals surface area contributed by atoms with Crippen molar-refractivity contribution in [3.63, 3.8) is 0 Å². The Labute approximate surface area is 70.9 Å². The van der Waals surface area contributed by atoms with Gasteiger partial charge in [-0.3, -0.25) is 4.55 Å². The van der Waals surface area contributed by atoms with Crippen molar-refractivity contribution in [1.29, 1.82) is 5.26 Å².